The molecule has 0 spiro atoms. The van der Waals surface area contributed by atoms with Crippen LogP contribution in [-0.2, 0) is 11.3 Å². The normalized spacial score (nSPS) is 10.5. The third-order valence-corrected chi connectivity index (χ3v) is 2.65. The number of hydrogen-bond acceptors (Lipinski definition) is 1. The molecule has 0 saturated carbocycles. The van der Waals surface area contributed by atoms with E-state index in [1.807, 2.05) is 0 Å². The lowest BCUT2D eigenvalue weighted by Crippen LogP contribution is -1.96. The summed E-state index contributed by atoms with van der Waals surface area (Å²) in [5.74, 6) is -0.228. The molecule has 0 atom stereocenters. The number of ether oxygens (including phenoxy) is 1. The van der Waals surface area contributed by atoms with E-state index in [-0.39, 0.29) is 5.82 Å². The monoisotopic (exact) mass is 260 g/mol. The van der Waals surface area contributed by atoms with E-state index in [0.29, 0.717) is 6.61 Å². The third kappa shape index (κ3) is 3.76. The standard InChI is InChI=1S/C11H14BrFO/c1-2-3-6-14-8-9-4-5-10(13)7-11(9)12/h4-5,7H,2-3,6,8H2,1H3. The van der Waals surface area contributed by atoms with Crippen LogP contribution in [0.1, 0.15) is 25.3 Å². The predicted octanol–water partition coefficient (Wildman–Crippen LogP) is 3.90. The second kappa shape index (κ2) is 6.14. The van der Waals surface area contributed by atoms with E-state index in [2.05, 4.69) is 22.9 Å². The van der Waals surface area contributed by atoms with Crippen LogP contribution in [0.5, 0.6) is 0 Å². The smallest absolute Gasteiger partial charge is 0.124 e. The first-order chi connectivity index (χ1) is 6.74. The lowest BCUT2D eigenvalue weighted by atomic mass is 10.2. The molecule has 0 aliphatic carbocycles. The topological polar surface area (TPSA) is 9.23 Å². The third-order valence-electron chi connectivity index (χ3n) is 1.91. The average Bonchev–Trinajstić information content (AvgIpc) is 2.15. The van der Waals surface area contributed by atoms with Crippen LogP contribution in [0.2, 0.25) is 0 Å². The second-order valence-corrected chi connectivity index (χ2v) is 4.00. The first kappa shape index (κ1) is 11.7. The number of halogens is 2. The van der Waals surface area contributed by atoms with Gasteiger partial charge in [0.2, 0.25) is 0 Å². The summed E-state index contributed by atoms with van der Waals surface area (Å²) in [6, 6.07) is 4.65. The summed E-state index contributed by atoms with van der Waals surface area (Å²) < 4.78 is 18.9. The lowest BCUT2D eigenvalue weighted by Gasteiger charge is -2.05. The molecule has 0 N–H and O–H groups in total. The Hall–Kier alpha value is -0.410. The van der Waals surface area contributed by atoms with Gasteiger partial charge in [0, 0.05) is 11.1 Å². The van der Waals surface area contributed by atoms with Crippen molar-refractivity contribution in [3.63, 3.8) is 0 Å². The molecule has 1 nitrogen and oxygen atoms in total. The van der Waals surface area contributed by atoms with Crippen molar-refractivity contribution >= 4 is 15.9 Å². The summed E-state index contributed by atoms with van der Waals surface area (Å²) in [7, 11) is 0. The van der Waals surface area contributed by atoms with Gasteiger partial charge >= 0.3 is 0 Å². The van der Waals surface area contributed by atoms with Crippen LogP contribution in [0, 0.1) is 5.82 Å². The number of unbranched alkanes of at least 4 members (excludes halogenated alkanes) is 1. The summed E-state index contributed by atoms with van der Waals surface area (Å²) >= 11 is 3.30. The fourth-order valence-electron chi connectivity index (χ4n) is 1.07. The van der Waals surface area contributed by atoms with E-state index >= 15 is 0 Å². The van der Waals surface area contributed by atoms with Gasteiger partial charge in [-0.3, -0.25) is 0 Å². The fourth-order valence-corrected chi connectivity index (χ4v) is 1.53. The summed E-state index contributed by atoms with van der Waals surface area (Å²) in [6.45, 7) is 3.43. The Balaban J connectivity index is 2.42. The van der Waals surface area contributed by atoms with Crippen LogP contribution < -0.4 is 0 Å². The molecule has 0 fully saturated rings. The van der Waals surface area contributed by atoms with Gasteiger partial charge in [-0.2, -0.15) is 0 Å². The van der Waals surface area contributed by atoms with Gasteiger partial charge in [0.15, 0.2) is 0 Å². The average molecular weight is 261 g/mol. The molecule has 0 amide bonds. The molecule has 1 rings (SSSR count). The Labute approximate surface area is 92.4 Å². The van der Waals surface area contributed by atoms with Crippen LogP contribution in [0.15, 0.2) is 22.7 Å². The molecule has 0 heterocycles. The molecule has 14 heavy (non-hydrogen) atoms. The maximum absolute atomic E-state index is 12.7. The van der Waals surface area contributed by atoms with Crippen molar-refractivity contribution in [3.8, 4) is 0 Å². The number of benzene rings is 1. The Morgan fingerprint density at radius 1 is 1.43 bits per heavy atom. The van der Waals surface area contributed by atoms with Gasteiger partial charge in [0.1, 0.15) is 5.82 Å². The zero-order valence-electron chi connectivity index (χ0n) is 8.22. The molecule has 3 heteroatoms. The molecular weight excluding hydrogens is 247 g/mol. The highest BCUT2D eigenvalue weighted by Gasteiger charge is 2.00. The molecular formula is C11H14BrFO. The second-order valence-electron chi connectivity index (χ2n) is 3.14. The molecule has 0 unspecified atom stereocenters. The van der Waals surface area contributed by atoms with E-state index in [1.54, 1.807) is 6.07 Å². The van der Waals surface area contributed by atoms with Gasteiger partial charge in [-0.25, -0.2) is 4.39 Å². The van der Waals surface area contributed by atoms with Crippen LogP contribution >= 0.6 is 15.9 Å². The highest BCUT2D eigenvalue weighted by molar-refractivity contribution is 9.10. The largest absolute Gasteiger partial charge is 0.377 e. The molecule has 0 radical (unpaired) electrons. The van der Waals surface area contributed by atoms with Gasteiger partial charge in [-0.15, -0.1) is 0 Å². The van der Waals surface area contributed by atoms with Gasteiger partial charge in [-0.05, 0) is 24.1 Å². The predicted molar refractivity (Wildman–Crippen MR) is 58.7 cm³/mol. The van der Waals surface area contributed by atoms with Crippen LogP contribution in [0.4, 0.5) is 4.39 Å². The highest BCUT2D eigenvalue weighted by atomic mass is 79.9. The Bertz CT molecular complexity index is 289. The number of rotatable bonds is 5. The maximum atomic E-state index is 12.7. The van der Waals surface area contributed by atoms with Crippen molar-refractivity contribution in [2.75, 3.05) is 6.61 Å². The first-order valence-electron chi connectivity index (χ1n) is 4.75. The molecule has 1 aromatic rings. The zero-order valence-corrected chi connectivity index (χ0v) is 9.81. The van der Waals surface area contributed by atoms with Crippen LogP contribution in [0.25, 0.3) is 0 Å². The van der Waals surface area contributed by atoms with Gasteiger partial charge < -0.3 is 4.74 Å². The van der Waals surface area contributed by atoms with Crippen molar-refractivity contribution < 1.29 is 9.13 Å². The summed E-state index contributed by atoms with van der Waals surface area (Å²) in [5, 5.41) is 0. The van der Waals surface area contributed by atoms with Gasteiger partial charge in [0.25, 0.3) is 0 Å². The lowest BCUT2D eigenvalue weighted by molar-refractivity contribution is 0.117. The Morgan fingerprint density at radius 3 is 2.86 bits per heavy atom. The van der Waals surface area contributed by atoms with Crippen LogP contribution in [-0.4, -0.2) is 6.61 Å². The molecule has 0 aromatic heterocycles. The van der Waals surface area contributed by atoms with E-state index < -0.39 is 0 Å². The van der Waals surface area contributed by atoms with E-state index in [0.717, 1.165) is 29.5 Å². The maximum Gasteiger partial charge on any atom is 0.124 e. The Morgan fingerprint density at radius 2 is 2.21 bits per heavy atom. The zero-order chi connectivity index (χ0) is 10.4. The van der Waals surface area contributed by atoms with Crippen molar-refractivity contribution in [2.45, 2.75) is 26.4 Å². The molecule has 1 aromatic carbocycles. The van der Waals surface area contributed by atoms with Gasteiger partial charge in [-0.1, -0.05) is 35.3 Å². The fraction of sp³-hybridized carbons (Fsp3) is 0.455. The minimum absolute atomic E-state index is 0.228. The molecule has 0 aliphatic heterocycles. The Kier molecular flexibility index (Phi) is 5.12. The summed E-state index contributed by atoms with van der Waals surface area (Å²) in [6.07, 6.45) is 2.20. The molecule has 0 saturated heterocycles. The number of hydrogen-bond donors (Lipinski definition) is 0. The van der Waals surface area contributed by atoms with Crippen molar-refractivity contribution in [2.24, 2.45) is 0 Å². The van der Waals surface area contributed by atoms with E-state index in [9.17, 15) is 4.39 Å². The quantitative estimate of drug-likeness (QED) is 0.730. The van der Waals surface area contributed by atoms with E-state index in [4.69, 9.17) is 4.74 Å². The van der Waals surface area contributed by atoms with Gasteiger partial charge in [0.05, 0.1) is 6.61 Å². The van der Waals surface area contributed by atoms with Crippen LogP contribution in [0.3, 0.4) is 0 Å². The summed E-state index contributed by atoms with van der Waals surface area (Å²) in [5.41, 5.74) is 0.988. The molecule has 78 valence electrons. The summed E-state index contributed by atoms with van der Waals surface area (Å²) in [4.78, 5) is 0. The van der Waals surface area contributed by atoms with E-state index in [1.165, 1.54) is 12.1 Å². The molecule has 0 aliphatic rings. The minimum Gasteiger partial charge on any atom is -0.377 e. The highest BCUT2D eigenvalue weighted by Crippen LogP contribution is 2.18. The SMILES string of the molecule is CCCCOCc1ccc(F)cc1Br. The van der Waals surface area contributed by atoms with Crippen molar-refractivity contribution in [3.05, 3.63) is 34.1 Å². The van der Waals surface area contributed by atoms with Crippen molar-refractivity contribution in [1.82, 2.24) is 0 Å². The molecule has 0 bridgehead atoms. The van der Waals surface area contributed by atoms with Crippen molar-refractivity contribution in [1.29, 1.82) is 0 Å². The minimum atomic E-state index is -0.228. The first-order valence-corrected chi connectivity index (χ1v) is 5.55.